The monoisotopic (exact) mass is 823 g/mol. The Morgan fingerprint density at radius 1 is 0.649 bits per heavy atom. The summed E-state index contributed by atoms with van der Waals surface area (Å²) in [7, 11) is -4.75. The quantitative estimate of drug-likeness (QED) is 0.0152. The number of unbranched alkanes of at least 4 members (excludes halogenated alkanes) is 11. The van der Waals surface area contributed by atoms with Gasteiger partial charge < -0.3 is 30.3 Å². The van der Waals surface area contributed by atoms with E-state index in [1.165, 1.54) is 38.5 Å². The van der Waals surface area contributed by atoms with Crippen LogP contribution in [0.1, 0.15) is 149 Å². The van der Waals surface area contributed by atoms with E-state index >= 15 is 0 Å². The third-order valence-corrected chi connectivity index (χ3v) is 9.49. The molecule has 0 aliphatic carbocycles. The zero-order valence-electron chi connectivity index (χ0n) is 34.8. The minimum atomic E-state index is -4.75. The standard InChI is InChI=1S/C44H74NO11P/c1-3-5-7-9-11-12-13-14-15-16-17-18-19-20-22-26-31-35-43(48)56-40(37-54-57(51,52)55-38-41(45)44(49)50)36-53-42(47)34-30-27-23-25-29-33-39(46)32-28-24-21-10-8-6-4-2/h6,8,14-15,17-18,20-22,24,28,32,39-41,46H,3-5,7,9-13,16,19,23,25-27,29-31,33-38,45H2,1-2H3,(H,49,50)(H,51,52)/b8-6+,15-14-,18-17-,22-20-,24-21+,32-28+/t39?,40-,41+/m1/s1. The largest absolute Gasteiger partial charge is 0.480 e. The third-order valence-electron chi connectivity index (χ3n) is 8.54. The van der Waals surface area contributed by atoms with E-state index in [4.69, 9.17) is 24.8 Å². The number of ether oxygens (including phenoxy) is 2. The van der Waals surface area contributed by atoms with Gasteiger partial charge in [0.2, 0.25) is 0 Å². The molecule has 0 amide bonds. The van der Waals surface area contributed by atoms with Crippen molar-refractivity contribution >= 4 is 25.7 Å². The van der Waals surface area contributed by atoms with Crippen LogP contribution < -0.4 is 5.73 Å². The molecule has 0 radical (unpaired) electrons. The van der Waals surface area contributed by atoms with Gasteiger partial charge in [0.05, 0.1) is 19.3 Å². The molecule has 0 aliphatic rings. The van der Waals surface area contributed by atoms with E-state index in [-0.39, 0.29) is 12.8 Å². The highest BCUT2D eigenvalue weighted by Gasteiger charge is 2.28. The third kappa shape index (κ3) is 38.2. The fourth-order valence-electron chi connectivity index (χ4n) is 5.20. The molecule has 2 unspecified atom stereocenters. The number of aliphatic hydroxyl groups is 1. The summed E-state index contributed by atoms with van der Waals surface area (Å²) in [6.45, 7) is 2.50. The van der Waals surface area contributed by atoms with Crippen LogP contribution in [0, 0.1) is 0 Å². The molecule has 5 N–H and O–H groups in total. The highest BCUT2D eigenvalue weighted by atomic mass is 31.2. The molecule has 0 saturated heterocycles. The van der Waals surface area contributed by atoms with E-state index in [9.17, 15) is 28.9 Å². The highest BCUT2D eigenvalue weighted by Crippen LogP contribution is 2.43. The number of rotatable bonds is 38. The second-order valence-corrected chi connectivity index (χ2v) is 15.4. The second-order valence-electron chi connectivity index (χ2n) is 13.9. The van der Waals surface area contributed by atoms with E-state index in [2.05, 4.69) is 54.8 Å². The number of aliphatic hydroxyl groups excluding tert-OH is 1. The molecule has 0 heterocycles. The molecule has 13 heteroatoms. The van der Waals surface area contributed by atoms with Gasteiger partial charge in [-0.3, -0.25) is 23.4 Å². The van der Waals surface area contributed by atoms with Crippen LogP contribution in [-0.4, -0.2) is 71.1 Å². The Kier molecular flexibility index (Phi) is 36.3. The van der Waals surface area contributed by atoms with Crippen molar-refractivity contribution in [2.24, 2.45) is 5.73 Å². The fourth-order valence-corrected chi connectivity index (χ4v) is 5.98. The zero-order chi connectivity index (χ0) is 42.2. The predicted molar refractivity (Wildman–Crippen MR) is 227 cm³/mol. The molecule has 0 spiro atoms. The summed E-state index contributed by atoms with van der Waals surface area (Å²) in [5.74, 6) is -2.54. The summed E-state index contributed by atoms with van der Waals surface area (Å²) in [6, 6.07) is -1.55. The van der Waals surface area contributed by atoms with Crippen molar-refractivity contribution in [1.29, 1.82) is 0 Å². The van der Waals surface area contributed by atoms with Crippen LogP contribution in [0.5, 0.6) is 0 Å². The van der Waals surface area contributed by atoms with Gasteiger partial charge in [-0.1, -0.05) is 145 Å². The number of allylic oxidation sites excluding steroid dienone is 11. The predicted octanol–water partition coefficient (Wildman–Crippen LogP) is 9.92. The molecule has 0 aliphatic heterocycles. The van der Waals surface area contributed by atoms with Gasteiger partial charge in [-0.25, -0.2) is 4.57 Å². The van der Waals surface area contributed by atoms with E-state index in [1.54, 1.807) is 6.08 Å². The average molecular weight is 824 g/mol. The number of aliphatic carboxylic acids is 1. The number of hydrogen-bond donors (Lipinski definition) is 4. The smallest absolute Gasteiger partial charge is 0.472 e. The van der Waals surface area contributed by atoms with Gasteiger partial charge in [0, 0.05) is 12.8 Å². The molecule has 0 rings (SSSR count). The SMILES string of the molecule is CC/C=C/C/C=C/C=C/C(O)CCCCCCCC(=O)OC[C@H](COP(=O)(O)OC[C@H](N)C(=O)O)OC(=O)CCC/C=C\C/C=C\C/C=C\CCCCCCCC. The van der Waals surface area contributed by atoms with E-state index in [0.717, 1.165) is 57.8 Å². The summed E-state index contributed by atoms with van der Waals surface area (Å²) in [6.07, 6.45) is 41.4. The Morgan fingerprint density at radius 3 is 1.89 bits per heavy atom. The summed E-state index contributed by atoms with van der Waals surface area (Å²) in [5, 5.41) is 19.0. The number of phosphoric ester groups is 1. The van der Waals surface area contributed by atoms with Crippen molar-refractivity contribution in [3.8, 4) is 0 Å². The molecule has 0 fully saturated rings. The lowest BCUT2D eigenvalue weighted by Gasteiger charge is -2.20. The first-order valence-electron chi connectivity index (χ1n) is 21.1. The summed E-state index contributed by atoms with van der Waals surface area (Å²) in [5.41, 5.74) is 5.32. The van der Waals surface area contributed by atoms with Crippen molar-refractivity contribution in [2.75, 3.05) is 19.8 Å². The summed E-state index contributed by atoms with van der Waals surface area (Å²) >= 11 is 0. The summed E-state index contributed by atoms with van der Waals surface area (Å²) in [4.78, 5) is 45.9. The number of esters is 2. The molecule has 0 aromatic heterocycles. The molecule has 0 bridgehead atoms. The van der Waals surface area contributed by atoms with Crippen LogP contribution in [-0.2, 0) is 37.5 Å². The lowest BCUT2D eigenvalue weighted by Crippen LogP contribution is -2.34. The van der Waals surface area contributed by atoms with Crippen LogP contribution in [0.3, 0.4) is 0 Å². The maximum Gasteiger partial charge on any atom is 0.472 e. The zero-order valence-corrected chi connectivity index (χ0v) is 35.7. The maximum atomic E-state index is 12.6. The van der Waals surface area contributed by atoms with Crippen LogP contribution in [0.2, 0.25) is 0 Å². The van der Waals surface area contributed by atoms with Crippen molar-refractivity contribution in [1.82, 2.24) is 0 Å². The number of carbonyl (C=O) groups excluding carboxylic acids is 2. The number of phosphoric acid groups is 1. The van der Waals surface area contributed by atoms with Gasteiger partial charge in [-0.15, -0.1) is 0 Å². The molecule has 0 aromatic rings. The summed E-state index contributed by atoms with van der Waals surface area (Å²) < 4.78 is 32.5. The fraction of sp³-hybridized carbons (Fsp3) is 0.659. The van der Waals surface area contributed by atoms with Gasteiger partial charge in [0.25, 0.3) is 0 Å². The van der Waals surface area contributed by atoms with Crippen LogP contribution >= 0.6 is 7.82 Å². The van der Waals surface area contributed by atoms with Gasteiger partial charge in [-0.05, 0) is 64.2 Å². The lowest BCUT2D eigenvalue weighted by atomic mass is 10.1. The number of nitrogens with two attached hydrogens (primary N) is 1. The van der Waals surface area contributed by atoms with Crippen LogP contribution in [0.15, 0.2) is 72.9 Å². The lowest BCUT2D eigenvalue weighted by molar-refractivity contribution is -0.161. The van der Waals surface area contributed by atoms with Gasteiger partial charge in [-0.2, -0.15) is 0 Å². The van der Waals surface area contributed by atoms with E-state index in [1.807, 2.05) is 30.4 Å². The molecular weight excluding hydrogens is 749 g/mol. The molecule has 326 valence electrons. The Bertz CT molecular complexity index is 1260. The first kappa shape index (κ1) is 53.9. The first-order chi connectivity index (χ1) is 27.5. The number of hydrogen-bond acceptors (Lipinski definition) is 10. The van der Waals surface area contributed by atoms with Gasteiger partial charge >= 0.3 is 25.7 Å². The van der Waals surface area contributed by atoms with Crippen LogP contribution in [0.4, 0.5) is 0 Å². The first-order valence-corrected chi connectivity index (χ1v) is 22.6. The van der Waals surface area contributed by atoms with E-state index < -0.39 is 63.8 Å². The van der Waals surface area contributed by atoms with Crippen molar-refractivity contribution in [3.05, 3.63) is 72.9 Å². The maximum absolute atomic E-state index is 12.6. The van der Waals surface area contributed by atoms with Gasteiger partial charge in [0.15, 0.2) is 6.10 Å². The van der Waals surface area contributed by atoms with E-state index in [0.29, 0.717) is 25.7 Å². The van der Waals surface area contributed by atoms with Crippen LogP contribution in [0.25, 0.3) is 0 Å². The minimum Gasteiger partial charge on any atom is -0.480 e. The highest BCUT2D eigenvalue weighted by molar-refractivity contribution is 7.47. The Morgan fingerprint density at radius 2 is 1.21 bits per heavy atom. The molecule has 4 atom stereocenters. The minimum absolute atomic E-state index is 0.0656. The number of carboxylic acid groups (broad SMARTS) is 1. The molecule has 0 saturated carbocycles. The average Bonchev–Trinajstić information content (AvgIpc) is 3.18. The molecular formula is C44H74NO11P. The molecule has 12 nitrogen and oxygen atoms in total. The van der Waals surface area contributed by atoms with Crippen molar-refractivity contribution in [3.63, 3.8) is 0 Å². The Balaban J connectivity index is 4.57. The Hall–Kier alpha value is -3.12. The van der Waals surface area contributed by atoms with Gasteiger partial charge in [0.1, 0.15) is 12.6 Å². The topological polar surface area (TPSA) is 192 Å². The normalized spacial score (nSPS) is 15.0. The number of carboxylic acids is 1. The number of carbonyl (C=O) groups is 3. The van der Waals surface area contributed by atoms with Crippen molar-refractivity contribution in [2.45, 2.75) is 167 Å². The van der Waals surface area contributed by atoms with Crippen molar-refractivity contribution < 1.29 is 52.6 Å². The Labute approximate surface area is 343 Å². The second kappa shape index (κ2) is 38.4. The molecule has 57 heavy (non-hydrogen) atoms. The molecule has 0 aromatic carbocycles.